The number of nitrogens with zero attached hydrogens (tertiary/aromatic N) is 3. The van der Waals surface area contributed by atoms with Crippen LogP contribution in [0.4, 0.5) is 0 Å². The molecule has 0 saturated heterocycles. The summed E-state index contributed by atoms with van der Waals surface area (Å²) in [7, 11) is 1.60. The molecule has 0 radical (unpaired) electrons. The predicted octanol–water partition coefficient (Wildman–Crippen LogP) is 1.95. The maximum atomic E-state index is 12.1. The van der Waals surface area contributed by atoms with Gasteiger partial charge in [0, 0.05) is 13.3 Å². The molecular weight excluding hydrogens is 258 g/mol. The number of hydrogen-bond acceptors (Lipinski definition) is 5. The van der Waals surface area contributed by atoms with Crippen LogP contribution in [0.3, 0.4) is 0 Å². The SMILES string of the molecule is COCC(CC(C)C)OC(=O)c1ccc2nncn2c1. The van der Waals surface area contributed by atoms with Gasteiger partial charge in [0.05, 0.1) is 12.2 Å². The Bertz CT molecular complexity index is 580. The van der Waals surface area contributed by atoms with E-state index in [9.17, 15) is 4.79 Å². The minimum Gasteiger partial charge on any atom is -0.456 e. The van der Waals surface area contributed by atoms with Crippen LogP contribution in [-0.4, -0.2) is 40.4 Å². The number of carbonyl (C=O) groups excluding carboxylic acids is 1. The zero-order valence-electron chi connectivity index (χ0n) is 11.9. The van der Waals surface area contributed by atoms with Crippen LogP contribution < -0.4 is 0 Å². The van der Waals surface area contributed by atoms with Crippen molar-refractivity contribution in [2.24, 2.45) is 5.92 Å². The Hall–Kier alpha value is -1.95. The topological polar surface area (TPSA) is 65.7 Å². The standard InChI is InChI=1S/C14H19N3O3/c1-10(2)6-12(8-19-3)20-14(18)11-4-5-13-16-15-9-17(13)7-11/h4-5,7,9-10,12H,6,8H2,1-3H3. The van der Waals surface area contributed by atoms with Crippen molar-refractivity contribution in [3.8, 4) is 0 Å². The molecular formula is C14H19N3O3. The number of carbonyl (C=O) groups is 1. The normalized spacial score (nSPS) is 12.8. The second-order valence-electron chi connectivity index (χ2n) is 5.13. The average molecular weight is 277 g/mol. The lowest BCUT2D eigenvalue weighted by atomic mass is 10.1. The Labute approximate surface area is 117 Å². The third kappa shape index (κ3) is 3.54. The highest BCUT2D eigenvalue weighted by Crippen LogP contribution is 2.12. The van der Waals surface area contributed by atoms with E-state index in [-0.39, 0.29) is 12.1 Å². The van der Waals surface area contributed by atoms with Gasteiger partial charge in [0.1, 0.15) is 12.4 Å². The van der Waals surface area contributed by atoms with E-state index >= 15 is 0 Å². The number of rotatable bonds is 6. The van der Waals surface area contributed by atoms with Gasteiger partial charge in [-0.1, -0.05) is 13.8 Å². The number of esters is 1. The van der Waals surface area contributed by atoms with Crippen molar-refractivity contribution in [3.63, 3.8) is 0 Å². The first-order chi connectivity index (χ1) is 9.60. The molecule has 0 N–H and O–H groups in total. The van der Waals surface area contributed by atoms with Crippen molar-refractivity contribution >= 4 is 11.6 Å². The molecule has 2 aromatic rings. The van der Waals surface area contributed by atoms with Crippen molar-refractivity contribution in [2.45, 2.75) is 26.4 Å². The molecule has 108 valence electrons. The molecule has 0 aromatic carbocycles. The van der Waals surface area contributed by atoms with Gasteiger partial charge in [-0.2, -0.15) is 0 Å². The van der Waals surface area contributed by atoms with Gasteiger partial charge in [-0.25, -0.2) is 4.79 Å². The third-order valence-corrected chi connectivity index (χ3v) is 2.89. The van der Waals surface area contributed by atoms with Gasteiger partial charge in [-0.3, -0.25) is 4.40 Å². The van der Waals surface area contributed by atoms with E-state index in [2.05, 4.69) is 24.0 Å². The van der Waals surface area contributed by atoms with Crippen molar-refractivity contribution < 1.29 is 14.3 Å². The molecule has 2 aromatic heterocycles. The molecule has 0 bridgehead atoms. The van der Waals surface area contributed by atoms with Crippen molar-refractivity contribution in [3.05, 3.63) is 30.2 Å². The Kier molecular flexibility index (Phi) is 4.68. The smallest absolute Gasteiger partial charge is 0.339 e. The zero-order valence-corrected chi connectivity index (χ0v) is 11.9. The van der Waals surface area contributed by atoms with Crippen LogP contribution in [0, 0.1) is 5.92 Å². The van der Waals surface area contributed by atoms with Gasteiger partial charge in [-0.05, 0) is 24.5 Å². The number of aromatic nitrogens is 3. The Morgan fingerprint density at radius 1 is 1.40 bits per heavy atom. The van der Waals surface area contributed by atoms with Crippen LogP contribution >= 0.6 is 0 Å². The highest BCUT2D eigenvalue weighted by atomic mass is 16.6. The second-order valence-corrected chi connectivity index (χ2v) is 5.13. The van der Waals surface area contributed by atoms with Crippen LogP contribution in [-0.2, 0) is 9.47 Å². The van der Waals surface area contributed by atoms with Crippen molar-refractivity contribution in [1.29, 1.82) is 0 Å². The number of ether oxygens (including phenoxy) is 2. The predicted molar refractivity (Wildman–Crippen MR) is 73.5 cm³/mol. The summed E-state index contributed by atoms with van der Waals surface area (Å²) in [5, 5.41) is 7.66. The first-order valence-electron chi connectivity index (χ1n) is 6.59. The number of pyridine rings is 1. The maximum absolute atomic E-state index is 12.1. The van der Waals surface area contributed by atoms with E-state index in [1.807, 2.05) is 0 Å². The van der Waals surface area contributed by atoms with Gasteiger partial charge >= 0.3 is 5.97 Å². The lowest BCUT2D eigenvalue weighted by molar-refractivity contribution is -0.000723. The Morgan fingerprint density at radius 3 is 2.90 bits per heavy atom. The number of hydrogen-bond donors (Lipinski definition) is 0. The molecule has 2 heterocycles. The fourth-order valence-electron chi connectivity index (χ4n) is 2.03. The van der Waals surface area contributed by atoms with E-state index in [0.717, 1.165) is 6.42 Å². The molecule has 1 atom stereocenters. The maximum Gasteiger partial charge on any atom is 0.339 e. The summed E-state index contributed by atoms with van der Waals surface area (Å²) >= 11 is 0. The van der Waals surface area contributed by atoms with Gasteiger partial charge in [0.15, 0.2) is 5.65 Å². The third-order valence-electron chi connectivity index (χ3n) is 2.89. The first-order valence-corrected chi connectivity index (χ1v) is 6.59. The summed E-state index contributed by atoms with van der Waals surface area (Å²) in [5.41, 5.74) is 1.17. The van der Waals surface area contributed by atoms with Crippen LogP contribution in [0.25, 0.3) is 5.65 Å². The van der Waals surface area contributed by atoms with Crippen LogP contribution in [0.2, 0.25) is 0 Å². The van der Waals surface area contributed by atoms with E-state index in [4.69, 9.17) is 9.47 Å². The molecule has 20 heavy (non-hydrogen) atoms. The summed E-state index contributed by atoms with van der Waals surface area (Å²) in [4.78, 5) is 12.1. The van der Waals surface area contributed by atoms with Gasteiger partial charge in [0.25, 0.3) is 0 Å². The van der Waals surface area contributed by atoms with Crippen molar-refractivity contribution in [2.75, 3.05) is 13.7 Å². The van der Waals surface area contributed by atoms with Gasteiger partial charge < -0.3 is 9.47 Å². The number of fused-ring (bicyclic) bond motifs is 1. The summed E-state index contributed by atoms with van der Waals surface area (Å²) in [5.74, 6) is 0.0755. The molecule has 6 nitrogen and oxygen atoms in total. The molecule has 0 saturated carbocycles. The molecule has 1 unspecified atom stereocenters. The zero-order chi connectivity index (χ0) is 14.5. The molecule has 0 aliphatic heterocycles. The fraction of sp³-hybridized carbons (Fsp3) is 0.500. The average Bonchev–Trinajstić information content (AvgIpc) is 2.85. The largest absolute Gasteiger partial charge is 0.456 e. The van der Waals surface area contributed by atoms with Gasteiger partial charge in [-0.15, -0.1) is 10.2 Å². The van der Waals surface area contributed by atoms with Crippen LogP contribution in [0.1, 0.15) is 30.6 Å². The monoisotopic (exact) mass is 277 g/mol. The number of methoxy groups -OCH3 is 1. The summed E-state index contributed by atoms with van der Waals surface area (Å²) in [6.45, 7) is 4.57. The molecule has 0 aliphatic carbocycles. The van der Waals surface area contributed by atoms with E-state index < -0.39 is 0 Å². The van der Waals surface area contributed by atoms with E-state index in [1.165, 1.54) is 0 Å². The summed E-state index contributed by atoms with van der Waals surface area (Å²) < 4.78 is 12.3. The molecule has 0 fully saturated rings. The Morgan fingerprint density at radius 2 is 2.20 bits per heavy atom. The van der Waals surface area contributed by atoms with Crippen LogP contribution in [0.15, 0.2) is 24.7 Å². The van der Waals surface area contributed by atoms with Crippen molar-refractivity contribution in [1.82, 2.24) is 14.6 Å². The van der Waals surface area contributed by atoms with Crippen LogP contribution in [0.5, 0.6) is 0 Å². The molecule has 2 rings (SSSR count). The molecule has 0 aliphatic rings. The molecule has 0 amide bonds. The van der Waals surface area contributed by atoms with E-state index in [0.29, 0.717) is 23.7 Å². The minimum atomic E-state index is -0.358. The highest BCUT2D eigenvalue weighted by molar-refractivity contribution is 5.89. The quantitative estimate of drug-likeness (QED) is 0.755. The first kappa shape index (κ1) is 14.5. The minimum absolute atomic E-state index is 0.232. The van der Waals surface area contributed by atoms with E-state index in [1.54, 1.807) is 36.2 Å². The highest BCUT2D eigenvalue weighted by Gasteiger charge is 2.17. The second kappa shape index (κ2) is 6.47. The molecule has 0 spiro atoms. The lowest BCUT2D eigenvalue weighted by Gasteiger charge is -2.18. The fourth-order valence-corrected chi connectivity index (χ4v) is 2.03. The van der Waals surface area contributed by atoms with Gasteiger partial charge in [0.2, 0.25) is 0 Å². The summed E-state index contributed by atoms with van der Waals surface area (Å²) in [6.07, 6.45) is 3.75. The Balaban J connectivity index is 2.08. The summed E-state index contributed by atoms with van der Waals surface area (Å²) in [6, 6.07) is 3.42. The molecule has 6 heteroatoms. The lowest BCUT2D eigenvalue weighted by Crippen LogP contribution is -2.25.